The summed E-state index contributed by atoms with van der Waals surface area (Å²) in [6.45, 7) is 4.22. The molecule has 2 aliphatic heterocycles. The molecule has 0 aromatic heterocycles. The Kier molecular flexibility index (Phi) is 7.35. The predicted molar refractivity (Wildman–Crippen MR) is 131 cm³/mol. The van der Waals surface area contributed by atoms with E-state index in [2.05, 4.69) is 36.1 Å². The van der Waals surface area contributed by atoms with Crippen molar-refractivity contribution < 1.29 is 18.9 Å². The van der Waals surface area contributed by atoms with Crippen LogP contribution in [0.25, 0.3) is 0 Å². The average molecular weight is 455 g/mol. The summed E-state index contributed by atoms with van der Waals surface area (Å²) in [7, 11) is 6.75. The maximum atomic E-state index is 6.71. The van der Waals surface area contributed by atoms with E-state index < -0.39 is 0 Å². The van der Waals surface area contributed by atoms with Gasteiger partial charge in [0.1, 0.15) is 0 Å². The lowest BCUT2D eigenvalue weighted by Gasteiger charge is -2.48. The van der Waals surface area contributed by atoms with Crippen molar-refractivity contribution in [1.29, 1.82) is 0 Å². The first-order chi connectivity index (χ1) is 16.0. The standard InChI is InChI=1S/C27H38N2O4/c1-6-7-8-18-15-29-16-21(17-9-10-24(30-2)25(11-17)31-3)19-12-26(32-4)27(33-5)13-20(19)23(29)14-22(18)28/h9-13,18,21-23H,6-8,14-16,28H2,1-5H3. The van der Waals surface area contributed by atoms with Crippen LogP contribution in [0.3, 0.4) is 0 Å². The predicted octanol–water partition coefficient (Wildman–Crippen LogP) is 4.75. The van der Waals surface area contributed by atoms with Crippen molar-refractivity contribution in [1.82, 2.24) is 4.90 Å². The normalized spacial score (nSPS) is 24.5. The topological polar surface area (TPSA) is 66.2 Å². The van der Waals surface area contributed by atoms with Gasteiger partial charge in [0.15, 0.2) is 23.0 Å². The molecule has 1 saturated heterocycles. The number of methoxy groups -OCH3 is 4. The number of rotatable bonds is 8. The summed E-state index contributed by atoms with van der Waals surface area (Å²) >= 11 is 0. The zero-order chi connectivity index (χ0) is 23.5. The summed E-state index contributed by atoms with van der Waals surface area (Å²) < 4.78 is 22.5. The maximum Gasteiger partial charge on any atom is 0.161 e. The minimum atomic E-state index is 0.192. The number of piperidine rings is 1. The highest BCUT2D eigenvalue weighted by molar-refractivity contribution is 5.55. The molecule has 0 radical (unpaired) electrons. The van der Waals surface area contributed by atoms with Crippen molar-refractivity contribution in [3.8, 4) is 23.0 Å². The highest BCUT2D eigenvalue weighted by Crippen LogP contribution is 2.48. The number of hydrogen-bond acceptors (Lipinski definition) is 6. The molecule has 0 aliphatic carbocycles. The van der Waals surface area contributed by atoms with E-state index in [-0.39, 0.29) is 12.0 Å². The van der Waals surface area contributed by atoms with Gasteiger partial charge in [-0.05, 0) is 59.7 Å². The van der Waals surface area contributed by atoms with Gasteiger partial charge in [-0.15, -0.1) is 0 Å². The molecule has 0 saturated carbocycles. The van der Waals surface area contributed by atoms with Crippen LogP contribution < -0.4 is 24.7 Å². The van der Waals surface area contributed by atoms with Gasteiger partial charge in [-0.3, -0.25) is 4.90 Å². The Bertz CT molecular complexity index is 963. The number of unbranched alkanes of at least 4 members (excludes halogenated alkanes) is 1. The molecular weight excluding hydrogens is 416 g/mol. The Labute approximate surface area is 198 Å². The summed E-state index contributed by atoms with van der Waals surface area (Å²) in [6, 6.07) is 11.1. The van der Waals surface area contributed by atoms with Gasteiger partial charge in [-0.25, -0.2) is 0 Å². The van der Waals surface area contributed by atoms with Crippen molar-refractivity contribution in [3.63, 3.8) is 0 Å². The molecule has 180 valence electrons. The molecule has 2 heterocycles. The molecule has 4 unspecified atom stereocenters. The lowest BCUT2D eigenvalue weighted by Crippen LogP contribution is -2.51. The molecule has 1 fully saturated rings. The molecule has 4 rings (SSSR count). The summed E-state index contributed by atoms with van der Waals surface area (Å²) in [5.41, 5.74) is 10.5. The Morgan fingerprint density at radius 1 is 0.848 bits per heavy atom. The first-order valence-electron chi connectivity index (χ1n) is 12.0. The summed E-state index contributed by atoms with van der Waals surface area (Å²) in [5.74, 6) is 3.75. The molecule has 4 atom stereocenters. The van der Waals surface area contributed by atoms with E-state index in [4.69, 9.17) is 24.7 Å². The zero-order valence-corrected chi connectivity index (χ0v) is 20.6. The number of ether oxygens (including phenoxy) is 4. The second-order valence-electron chi connectivity index (χ2n) is 9.27. The number of benzene rings is 2. The number of fused-ring (bicyclic) bond motifs is 3. The van der Waals surface area contributed by atoms with E-state index in [0.717, 1.165) is 42.5 Å². The average Bonchev–Trinajstić information content (AvgIpc) is 2.85. The fourth-order valence-corrected chi connectivity index (χ4v) is 5.65. The summed E-state index contributed by atoms with van der Waals surface area (Å²) in [4.78, 5) is 2.64. The fourth-order valence-electron chi connectivity index (χ4n) is 5.65. The minimum absolute atomic E-state index is 0.192. The maximum absolute atomic E-state index is 6.71. The lowest BCUT2D eigenvalue weighted by molar-refractivity contribution is 0.0728. The highest BCUT2D eigenvalue weighted by Gasteiger charge is 2.41. The molecule has 2 N–H and O–H groups in total. The third-order valence-corrected chi connectivity index (χ3v) is 7.49. The summed E-state index contributed by atoms with van der Waals surface area (Å²) in [6.07, 6.45) is 4.61. The van der Waals surface area contributed by atoms with Crippen molar-refractivity contribution >= 4 is 0 Å². The molecule has 2 aromatic carbocycles. The Hall–Kier alpha value is -2.44. The van der Waals surface area contributed by atoms with E-state index in [0.29, 0.717) is 12.0 Å². The molecule has 2 aromatic rings. The molecule has 0 spiro atoms. The molecule has 6 heteroatoms. The third kappa shape index (κ3) is 4.51. The van der Waals surface area contributed by atoms with Gasteiger partial charge >= 0.3 is 0 Å². The third-order valence-electron chi connectivity index (χ3n) is 7.49. The fraction of sp³-hybridized carbons (Fsp3) is 0.556. The first kappa shape index (κ1) is 23.7. The van der Waals surface area contributed by atoms with E-state index in [1.54, 1.807) is 28.4 Å². The molecule has 0 amide bonds. The molecule has 33 heavy (non-hydrogen) atoms. The Morgan fingerprint density at radius 3 is 2.12 bits per heavy atom. The zero-order valence-electron chi connectivity index (χ0n) is 20.6. The largest absolute Gasteiger partial charge is 0.493 e. The Balaban J connectivity index is 1.79. The van der Waals surface area contributed by atoms with Crippen molar-refractivity contribution in [2.24, 2.45) is 11.7 Å². The van der Waals surface area contributed by atoms with Gasteiger partial charge in [0, 0.05) is 31.1 Å². The second kappa shape index (κ2) is 10.2. The van der Waals surface area contributed by atoms with E-state index in [9.17, 15) is 0 Å². The van der Waals surface area contributed by atoms with Crippen LogP contribution in [0.5, 0.6) is 23.0 Å². The minimum Gasteiger partial charge on any atom is -0.493 e. The van der Waals surface area contributed by atoms with Gasteiger partial charge in [0.2, 0.25) is 0 Å². The van der Waals surface area contributed by atoms with Crippen LogP contribution in [0.4, 0.5) is 0 Å². The van der Waals surface area contributed by atoms with E-state index >= 15 is 0 Å². The quantitative estimate of drug-likeness (QED) is 0.621. The molecule has 2 aliphatic rings. The lowest BCUT2D eigenvalue weighted by atomic mass is 9.75. The van der Waals surface area contributed by atoms with Crippen LogP contribution >= 0.6 is 0 Å². The van der Waals surface area contributed by atoms with Crippen LogP contribution in [0, 0.1) is 5.92 Å². The van der Waals surface area contributed by atoms with Gasteiger partial charge < -0.3 is 24.7 Å². The van der Waals surface area contributed by atoms with Crippen LogP contribution in [0.15, 0.2) is 30.3 Å². The number of hydrogen-bond donors (Lipinski definition) is 1. The Morgan fingerprint density at radius 2 is 1.48 bits per heavy atom. The van der Waals surface area contributed by atoms with Gasteiger partial charge in [0.05, 0.1) is 28.4 Å². The smallest absolute Gasteiger partial charge is 0.161 e. The van der Waals surface area contributed by atoms with Crippen LogP contribution in [-0.2, 0) is 0 Å². The first-order valence-corrected chi connectivity index (χ1v) is 12.0. The summed E-state index contributed by atoms with van der Waals surface area (Å²) in [5, 5.41) is 0. The van der Waals surface area contributed by atoms with Crippen LogP contribution in [0.1, 0.15) is 61.3 Å². The number of nitrogens with zero attached hydrogens (tertiary/aromatic N) is 1. The van der Waals surface area contributed by atoms with Gasteiger partial charge in [0.25, 0.3) is 0 Å². The van der Waals surface area contributed by atoms with Gasteiger partial charge in [-0.2, -0.15) is 0 Å². The van der Waals surface area contributed by atoms with Crippen LogP contribution in [-0.4, -0.2) is 52.5 Å². The van der Waals surface area contributed by atoms with Gasteiger partial charge in [-0.1, -0.05) is 25.8 Å². The molecule has 0 bridgehead atoms. The van der Waals surface area contributed by atoms with Crippen molar-refractivity contribution in [2.75, 3.05) is 41.5 Å². The highest BCUT2D eigenvalue weighted by atomic mass is 16.5. The van der Waals surface area contributed by atoms with E-state index in [1.165, 1.54) is 36.0 Å². The van der Waals surface area contributed by atoms with Crippen LogP contribution in [0.2, 0.25) is 0 Å². The second-order valence-corrected chi connectivity index (χ2v) is 9.27. The van der Waals surface area contributed by atoms with Crippen molar-refractivity contribution in [2.45, 2.75) is 50.6 Å². The monoisotopic (exact) mass is 454 g/mol. The molecule has 6 nitrogen and oxygen atoms in total. The van der Waals surface area contributed by atoms with Crippen molar-refractivity contribution in [3.05, 3.63) is 47.0 Å². The SMILES string of the molecule is CCCCC1CN2CC(c3ccc(OC)c(OC)c3)c3cc(OC)c(OC)cc3C2CC1N. The van der Waals surface area contributed by atoms with E-state index in [1.807, 2.05) is 6.07 Å². The molecular formula is C27H38N2O4. The number of nitrogens with two attached hydrogens (primary N) is 1.